The number of ether oxygens (including phenoxy) is 1. The molecule has 2 aromatic carbocycles. The fourth-order valence-electron chi connectivity index (χ4n) is 4.12. The zero-order chi connectivity index (χ0) is 21.5. The van der Waals surface area contributed by atoms with Crippen molar-refractivity contribution in [1.29, 1.82) is 0 Å². The first-order valence-electron chi connectivity index (χ1n) is 11.0. The Morgan fingerprint density at radius 2 is 1.84 bits per heavy atom. The predicted octanol–water partition coefficient (Wildman–Crippen LogP) is 4.24. The van der Waals surface area contributed by atoms with Crippen molar-refractivity contribution in [3.63, 3.8) is 0 Å². The monoisotopic (exact) mass is 437 g/mol. The van der Waals surface area contributed by atoms with E-state index in [0.717, 1.165) is 43.4 Å². The molecule has 5 nitrogen and oxygen atoms in total. The van der Waals surface area contributed by atoms with E-state index in [1.807, 2.05) is 12.1 Å². The lowest BCUT2D eigenvalue weighted by atomic mass is 9.74. The number of guanidine groups is 1. The highest BCUT2D eigenvalue weighted by atomic mass is 32.1. The maximum absolute atomic E-state index is 10.7. The van der Waals surface area contributed by atoms with Gasteiger partial charge in [0.15, 0.2) is 5.96 Å². The summed E-state index contributed by atoms with van der Waals surface area (Å²) in [6.45, 7) is 5.46. The van der Waals surface area contributed by atoms with Crippen LogP contribution in [0, 0.1) is 0 Å². The summed E-state index contributed by atoms with van der Waals surface area (Å²) in [7, 11) is 0. The minimum Gasteiger partial charge on any atom is -0.386 e. The van der Waals surface area contributed by atoms with Crippen molar-refractivity contribution in [2.24, 2.45) is 4.99 Å². The molecule has 1 aliphatic heterocycles. The fraction of sp³-hybridized carbons (Fsp3) is 0.400. The smallest absolute Gasteiger partial charge is 0.191 e. The number of hydrogen-bond acceptors (Lipinski definition) is 4. The highest BCUT2D eigenvalue weighted by molar-refractivity contribution is 7.19. The molecule has 0 bridgehead atoms. The van der Waals surface area contributed by atoms with Gasteiger partial charge in [0.25, 0.3) is 0 Å². The first-order chi connectivity index (χ1) is 15.2. The van der Waals surface area contributed by atoms with E-state index < -0.39 is 6.10 Å². The third-order valence-electron chi connectivity index (χ3n) is 5.96. The van der Waals surface area contributed by atoms with Gasteiger partial charge in [-0.05, 0) is 42.8 Å². The van der Waals surface area contributed by atoms with Crippen molar-refractivity contribution >= 4 is 27.4 Å². The highest BCUT2D eigenvalue weighted by Gasteiger charge is 2.34. The number of nitrogens with one attached hydrogen (secondary N) is 2. The molecule has 1 saturated heterocycles. The molecule has 1 aromatic heterocycles. The van der Waals surface area contributed by atoms with Gasteiger partial charge in [0, 0.05) is 41.3 Å². The molecule has 1 atom stereocenters. The number of nitrogens with zero attached hydrogens (tertiary/aromatic N) is 1. The average Bonchev–Trinajstić information content (AvgIpc) is 3.26. The molecular formula is C25H31N3O2S. The minimum atomic E-state index is -0.576. The number of aliphatic imine (C=N–C) groups is 1. The molecule has 3 N–H and O–H groups in total. The van der Waals surface area contributed by atoms with E-state index in [1.54, 1.807) is 11.3 Å². The van der Waals surface area contributed by atoms with E-state index in [4.69, 9.17) is 9.73 Å². The molecule has 164 valence electrons. The van der Waals surface area contributed by atoms with Gasteiger partial charge in [-0.15, -0.1) is 11.3 Å². The summed E-state index contributed by atoms with van der Waals surface area (Å²) >= 11 is 1.64. The molecule has 1 unspecified atom stereocenters. The Morgan fingerprint density at radius 1 is 1.10 bits per heavy atom. The van der Waals surface area contributed by atoms with E-state index in [9.17, 15) is 5.11 Å². The Balaban J connectivity index is 1.45. The molecule has 3 aromatic rings. The van der Waals surface area contributed by atoms with Gasteiger partial charge in [-0.1, -0.05) is 48.5 Å². The van der Waals surface area contributed by atoms with Crippen molar-refractivity contribution in [1.82, 2.24) is 10.6 Å². The minimum absolute atomic E-state index is 0.00798. The van der Waals surface area contributed by atoms with Gasteiger partial charge in [0.1, 0.15) is 6.10 Å². The summed E-state index contributed by atoms with van der Waals surface area (Å²) in [5, 5.41) is 18.6. The highest BCUT2D eigenvalue weighted by Crippen LogP contribution is 2.35. The van der Waals surface area contributed by atoms with Crippen molar-refractivity contribution in [2.45, 2.75) is 31.3 Å². The van der Waals surface area contributed by atoms with Crippen LogP contribution in [0.3, 0.4) is 0 Å². The third kappa shape index (κ3) is 5.26. The Morgan fingerprint density at radius 3 is 2.58 bits per heavy atom. The molecule has 6 heteroatoms. The topological polar surface area (TPSA) is 65.9 Å². The molecule has 1 fully saturated rings. The lowest BCUT2D eigenvalue weighted by Crippen LogP contribution is -2.42. The van der Waals surface area contributed by atoms with Crippen LogP contribution in [0.15, 0.2) is 65.7 Å². The number of aliphatic hydroxyl groups is 1. The van der Waals surface area contributed by atoms with Crippen molar-refractivity contribution in [2.75, 3.05) is 32.8 Å². The summed E-state index contributed by atoms with van der Waals surface area (Å²) in [5.74, 6) is 0.740. The van der Waals surface area contributed by atoms with Crippen LogP contribution in [0.5, 0.6) is 0 Å². The quantitative estimate of drug-likeness (QED) is 0.382. The van der Waals surface area contributed by atoms with E-state index >= 15 is 0 Å². The van der Waals surface area contributed by atoms with Crippen LogP contribution >= 0.6 is 11.3 Å². The molecule has 31 heavy (non-hydrogen) atoms. The number of aliphatic hydroxyl groups excluding tert-OH is 1. The van der Waals surface area contributed by atoms with E-state index in [2.05, 4.69) is 66.1 Å². The summed E-state index contributed by atoms with van der Waals surface area (Å²) in [5.41, 5.74) is 1.31. The number of thiophene rings is 1. The first-order valence-corrected chi connectivity index (χ1v) is 11.8. The molecule has 0 amide bonds. The van der Waals surface area contributed by atoms with Gasteiger partial charge in [-0.25, -0.2) is 0 Å². The Kier molecular flexibility index (Phi) is 7.22. The maximum Gasteiger partial charge on any atom is 0.191 e. The van der Waals surface area contributed by atoms with Crippen molar-refractivity contribution < 1.29 is 9.84 Å². The van der Waals surface area contributed by atoms with Gasteiger partial charge in [0.2, 0.25) is 0 Å². The van der Waals surface area contributed by atoms with E-state index in [-0.39, 0.29) is 5.41 Å². The van der Waals surface area contributed by atoms with Crippen LogP contribution in [0.25, 0.3) is 10.1 Å². The summed E-state index contributed by atoms with van der Waals surface area (Å²) in [4.78, 5) is 5.89. The number of hydrogen-bond donors (Lipinski definition) is 3. The van der Waals surface area contributed by atoms with Gasteiger partial charge >= 0.3 is 0 Å². The second-order valence-corrected chi connectivity index (χ2v) is 9.15. The molecule has 0 radical (unpaired) electrons. The molecular weight excluding hydrogens is 406 g/mol. The Hall–Kier alpha value is -2.41. The van der Waals surface area contributed by atoms with Crippen LogP contribution in [0.1, 0.15) is 36.3 Å². The van der Waals surface area contributed by atoms with Crippen molar-refractivity contribution in [3.05, 3.63) is 71.1 Å². The molecule has 1 aliphatic rings. The fourth-order valence-corrected chi connectivity index (χ4v) is 5.18. The maximum atomic E-state index is 10.7. The third-order valence-corrected chi connectivity index (χ3v) is 7.17. The predicted molar refractivity (Wildman–Crippen MR) is 129 cm³/mol. The lowest BCUT2D eigenvalue weighted by Gasteiger charge is -2.36. The van der Waals surface area contributed by atoms with Gasteiger partial charge < -0.3 is 20.5 Å². The zero-order valence-corrected chi connectivity index (χ0v) is 18.8. The van der Waals surface area contributed by atoms with Crippen LogP contribution < -0.4 is 10.6 Å². The van der Waals surface area contributed by atoms with Crippen LogP contribution in [0.4, 0.5) is 0 Å². The second-order valence-electron chi connectivity index (χ2n) is 8.04. The van der Waals surface area contributed by atoms with Crippen LogP contribution in [-0.4, -0.2) is 43.9 Å². The molecule has 0 saturated carbocycles. The molecule has 4 rings (SSSR count). The summed E-state index contributed by atoms with van der Waals surface area (Å²) in [6, 6.07) is 21.0. The lowest BCUT2D eigenvalue weighted by molar-refractivity contribution is 0.0531. The van der Waals surface area contributed by atoms with Crippen LogP contribution in [-0.2, 0) is 10.2 Å². The van der Waals surface area contributed by atoms with Gasteiger partial charge in [-0.3, -0.25) is 4.99 Å². The largest absolute Gasteiger partial charge is 0.386 e. The Labute approximate surface area is 188 Å². The van der Waals surface area contributed by atoms with E-state index in [1.165, 1.54) is 15.6 Å². The number of benzene rings is 2. The van der Waals surface area contributed by atoms with Crippen molar-refractivity contribution in [3.8, 4) is 0 Å². The normalized spacial score (nSPS) is 17.4. The number of rotatable bonds is 7. The average molecular weight is 438 g/mol. The molecule has 2 heterocycles. The number of fused-ring (bicyclic) bond motifs is 1. The van der Waals surface area contributed by atoms with Crippen LogP contribution in [0.2, 0.25) is 0 Å². The first kappa shape index (κ1) is 21.8. The van der Waals surface area contributed by atoms with E-state index in [0.29, 0.717) is 13.1 Å². The summed E-state index contributed by atoms with van der Waals surface area (Å²) < 4.78 is 6.84. The van der Waals surface area contributed by atoms with Gasteiger partial charge in [0.05, 0.1) is 6.54 Å². The SMILES string of the molecule is CCNC(=NCC1(c2ccccc2)CCOCC1)NCC(O)c1cc2ccccc2s1. The molecule has 0 spiro atoms. The summed E-state index contributed by atoms with van der Waals surface area (Å²) in [6.07, 6.45) is 1.35. The standard InChI is InChI=1S/C25H31N3O2S/c1-2-26-24(27-17-21(29)23-16-19-8-6-7-11-22(19)31-23)28-18-25(12-14-30-15-13-25)20-9-4-3-5-10-20/h3-11,16,21,29H,2,12-15,17-18H2,1H3,(H2,26,27,28). The van der Waals surface area contributed by atoms with Gasteiger partial charge in [-0.2, -0.15) is 0 Å². The Bertz CT molecular complexity index is 963. The zero-order valence-electron chi connectivity index (χ0n) is 18.0. The second kappa shape index (κ2) is 10.3. The molecule has 0 aliphatic carbocycles.